The molecule has 1 saturated carbocycles. The van der Waals surface area contributed by atoms with Crippen LogP contribution in [-0.4, -0.2) is 68.0 Å². The van der Waals surface area contributed by atoms with E-state index in [1.165, 1.54) is 18.6 Å². The van der Waals surface area contributed by atoms with Crippen molar-refractivity contribution in [3.8, 4) is 0 Å². The molecule has 3 amide bonds. The second kappa shape index (κ2) is 11.5. The minimum Gasteiger partial charge on any atom is -0.339 e. The zero-order valence-corrected chi connectivity index (χ0v) is 26.5. The third-order valence-corrected chi connectivity index (χ3v) is 11.4. The van der Waals surface area contributed by atoms with E-state index in [9.17, 15) is 27.7 Å². The molecule has 9 nitrogen and oxygen atoms in total. The fraction of sp³-hybridized carbons (Fsp3) is 0.633. The van der Waals surface area contributed by atoms with E-state index in [2.05, 4.69) is 10.2 Å². The van der Waals surface area contributed by atoms with Gasteiger partial charge in [0.05, 0.1) is 4.88 Å². The molecule has 3 fully saturated rings. The summed E-state index contributed by atoms with van der Waals surface area (Å²) in [6.07, 6.45) is 8.69. The maximum absolute atomic E-state index is 14.3. The first kappa shape index (κ1) is 32.0. The van der Waals surface area contributed by atoms with E-state index in [0.717, 1.165) is 62.0 Å². The van der Waals surface area contributed by atoms with Crippen LogP contribution in [0.4, 0.5) is 8.78 Å². The van der Waals surface area contributed by atoms with Gasteiger partial charge < -0.3 is 24.9 Å². The average Bonchev–Trinajstić information content (AvgIpc) is 3.68. The largest absolute Gasteiger partial charge is 0.399 e. The highest BCUT2D eigenvalue weighted by atomic mass is 32.1. The number of rotatable bonds is 6. The summed E-state index contributed by atoms with van der Waals surface area (Å²) in [4.78, 5) is 63.5. The number of thiophene rings is 1. The first-order chi connectivity index (χ1) is 20.0. The van der Waals surface area contributed by atoms with Crippen LogP contribution in [0.1, 0.15) is 93.8 Å². The van der Waals surface area contributed by atoms with Crippen LogP contribution in [0.3, 0.4) is 0 Å². The van der Waals surface area contributed by atoms with Gasteiger partial charge in [-0.1, -0.05) is 46.1 Å². The van der Waals surface area contributed by atoms with Crippen molar-refractivity contribution in [1.29, 1.82) is 0 Å². The van der Waals surface area contributed by atoms with Gasteiger partial charge >= 0.3 is 13.3 Å². The molecular formula is C30H40F2N3O6PS. The van der Waals surface area contributed by atoms with E-state index < -0.39 is 42.2 Å². The molecule has 236 valence electrons. The standard InChI is InChI=1S/C30H40F2N3O6PS/c1-28(2,3)24(33-25(36)23-18-19-17-20(10-11-22(19)43-23)30(31,32)42(39,40)41)27(38)34-15-7-9-21(34)26(37)35-16-8-14-29(35)12-5-4-6-13-29/h10-11,17-18,21,24H,4-9,12-16H2,1-3H3,(H,33,36)(H2,39,40,41)/t21-,24+/m0/s1. The van der Waals surface area contributed by atoms with Gasteiger partial charge in [0, 0.05) is 28.9 Å². The molecule has 3 aliphatic rings. The number of carbonyl (C=O) groups excluding carboxylic acids is 3. The molecule has 1 aromatic heterocycles. The molecule has 0 radical (unpaired) electrons. The average molecular weight is 640 g/mol. The van der Waals surface area contributed by atoms with Gasteiger partial charge in [-0.2, -0.15) is 8.78 Å². The molecule has 2 aliphatic heterocycles. The van der Waals surface area contributed by atoms with Gasteiger partial charge in [0.2, 0.25) is 11.8 Å². The van der Waals surface area contributed by atoms with Gasteiger partial charge in [-0.25, -0.2) is 0 Å². The predicted molar refractivity (Wildman–Crippen MR) is 160 cm³/mol. The first-order valence-electron chi connectivity index (χ1n) is 15.0. The number of nitrogens with one attached hydrogen (secondary N) is 1. The first-order valence-corrected chi connectivity index (χ1v) is 17.4. The Balaban J connectivity index is 1.35. The zero-order chi connectivity index (χ0) is 31.4. The van der Waals surface area contributed by atoms with Crippen LogP contribution in [0, 0.1) is 5.41 Å². The van der Waals surface area contributed by atoms with Crippen molar-refractivity contribution in [3.05, 3.63) is 34.7 Å². The highest BCUT2D eigenvalue weighted by molar-refractivity contribution is 7.52. The lowest BCUT2D eigenvalue weighted by atomic mass is 9.79. The number of hydrogen-bond donors (Lipinski definition) is 3. The van der Waals surface area contributed by atoms with Crippen molar-refractivity contribution in [2.75, 3.05) is 13.1 Å². The molecule has 3 heterocycles. The zero-order valence-electron chi connectivity index (χ0n) is 24.8. The maximum atomic E-state index is 14.3. The second-order valence-electron chi connectivity index (χ2n) is 13.3. The predicted octanol–water partition coefficient (Wildman–Crippen LogP) is 5.59. The molecule has 3 N–H and O–H groups in total. The van der Waals surface area contributed by atoms with Crippen molar-refractivity contribution in [3.63, 3.8) is 0 Å². The van der Waals surface area contributed by atoms with Crippen LogP contribution in [0.15, 0.2) is 24.3 Å². The Morgan fingerprint density at radius 1 is 1.02 bits per heavy atom. The van der Waals surface area contributed by atoms with Crippen LogP contribution in [-0.2, 0) is 19.8 Å². The topological polar surface area (TPSA) is 127 Å². The molecule has 2 atom stereocenters. The van der Waals surface area contributed by atoms with Crippen molar-refractivity contribution < 1.29 is 37.5 Å². The summed E-state index contributed by atoms with van der Waals surface area (Å²) >= 11 is 1.03. The summed E-state index contributed by atoms with van der Waals surface area (Å²) in [5.41, 5.74) is -6.01. The summed E-state index contributed by atoms with van der Waals surface area (Å²) in [6.45, 7) is 6.65. The van der Waals surface area contributed by atoms with Gasteiger partial charge in [0.15, 0.2) is 0 Å². The van der Waals surface area contributed by atoms with Gasteiger partial charge in [0.25, 0.3) is 5.91 Å². The fourth-order valence-corrected chi connectivity index (χ4v) is 8.43. The molecular weight excluding hydrogens is 599 g/mol. The Morgan fingerprint density at radius 2 is 1.70 bits per heavy atom. The minimum atomic E-state index is -5.75. The summed E-state index contributed by atoms with van der Waals surface area (Å²) in [5, 5.41) is 3.08. The third-order valence-electron chi connectivity index (χ3n) is 9.31. The van der Waals surface area contributed by atoms with Crippen LogP contribution in [0.2, 0.25) is 0 Å². The Labute approximate surface area is 254 Å². The molecule has 2 aromatic rings. The number of fused-ring (bicyclic) bond motifs is 1. The van der Waals surface area contributed by atoms with E-state index in [-0.39, 0.29) is 27.6 Å². The van der Waals surface area contributed by atoms with Gasteiger partial charge in [0.1, 0.15) is 12.1 Å². The molecule has 0 unspecified atom stereocenters. The van der Waals surface area contributed by atoms with Crippen molar-refractivity contribution in [1.82, 2.24) is 15.1 Å². The molecule has 5 rings (SSSR count). The Hall–Kier alpha value is -2.40. The van der Waals surface area contributed by atoms with Crippen LogP contribution in [0.25, 0.3) is 10.1 Å². The summed E-state index contributed by atoms with van der Waals surface area (Å²) in [6, 6.07) is 3.05. The van der Waals surface area contributed by atoms with Crippen LogP contribution in [0.5, 0.6) is 0 Å². The normalized spacial score (nSPS) is 21.9. The number of nitrogens with zero attached hydrogens (tertiary/aromatic N) is 2. The van der Waals surface area contributed by atoms with Crippen LogP contribution < -0.4 is 5.32 Å². The highest BCUT2D eigenvalue weighted by Crippen LogP contribution is 2.59. The number of halogens is 2. The van der Waals surface area contributed by atoms with Crippen LogP contribution >= 0.6 is 18.9 Å². The molecule has 1 aromatic carbocycles. The number of likely N-dealkylation sites (tertiary alicyclic amines) is 2. The van der Waals surface area contributed by atoms with Gasteiger partial charge in [-0.05, 0) is 67.5 Å². The van der Waals surface area contributed by atoms with Crippen molar-refractivity contribution >= 4 is 46.7 Å². The molecule has 1 spiro atoms. The Bertz CT molecular complexity index is 1460. The van der Waals surface area contributed by atoms with Crippen molar-refractivity contribution in [2.45, 2.75) is 102 Å². The number of alkyl halides is 2. The van der Waals surface area contributed by atoms with E-state index in [0.29, 0.717) is 30.6 Å². The summed E-state index contributed by atoms with van der Waals surface area (Å²) in [5.74, 6) is -0.879. The molecule has 2 saturated heterocycles. The fourth-order valence-electron chi connectivity index (χ4n) is 7.01. The monoisotopic (exact) mass is 639 g/mol. The molecule has 43 heavy (non-hydrogen) atoms. The van der Waals surface area contributed by atoms with E-state index >= 15 is 0 Å². The molecule has 0 bridgehead atoms. The van der Waals surface area contributed by atoms with Crippen molar-refractivity contribution in [2.24, 2.45) is 5.41 Å². The smallest absolute Gasteiger partial charge is 0.339 e. The maximum Gasteiger partial charge on any atom is 0.399 e. The lowest BCUT2D eigenvalue weighted by Gasteiger charge is -2.44. The number of carbonyl (C=O) groups is 3. The number of amides is 3. The van der Waals surface area contributed by atoms with Gasteiger partial charge in [-0.15, -0.1) is 11.3 Å². The van der Waals surface area contributed by atoms with E-state index in [1.807, 2.05) is 20.8 Å². The molecule has 1 aliphatic carbocycles. The molecule has 13 heteroatoms. The summed E-state index contributed by atoms with van der Waals surface area (Å²) in [7, 11) is -5.75. The van der Waals surface area contributed by atoms with E-state index in [1.54, 1.807) is 4.90 Å². The number of benzene rings is 1. The highest BCUT2D eigenvalue weighted by Gasteiger charge is 2.51. The Morgan fingerprint density at radius 3 is 2.35 bits per heavy atom. The number of hydrogen-bond acceptors (Lipinski definition) is 5. The van der Waals surface area contributed by atoms with E-state index in [4.69, 9.17) is 9.79 Å². The van der Waals surface area contributed by atoms with Gasteiger partial charge in [-0.3, -0.25) is 18.9 Å². The summed E-state index contributed by atoms with van der Waals surface area (Å²) < 4.78 is 40.4. The lowest BCUT2D eigenvalue weighted by Crippen LogP contribution is -2.59. The second-order valence-corrected chi connectivity index (χ2v) is 16.0. The minimum absolute atomic E-state index is 0.0108. The lowest BCUT2D eigenvalue weighted by molar-refractivity contribution is -0.149. The third kappa shape index (κ3) is 6.00. The SMILES string of the molecule is CC(C)(C)[C@H](NC(=O)c1cc2cc(C(F)(F)P(=O)(O)O)ccc2s1)C(=O)N1CCC[C@H]1C(=O)N1CCCC12CCCCC2. The quantitative estimate of drug-likeness (QED) is 0.354. The Kier molecular flexibility index (Phi) is 8.57.